The fourth-order valence-electron chi connectivity index (χ4n) is 1.96. The predicted octanol–water partition coefficient (Wildman–Crippen LogP) is 0.981. The molecule has 0 saturated carbocycles. The van der Waals surface area contributed by atoms with Crippen LogP contribution in [0.15, 0.2) is 18.3 Å². The van der Waals surface area contributed by atoms with E-state index in [9.17, 15) is 0 Å². The Morgan fingerprint density at radius 3 is 3.24 bits per heavy atom. The molecule has 1 unspecified atom stereocenters. The molecule has 0 spiro atoms. The number of hydrogen-bond acceptors (Lipinski definition) is 4. The minimum absolute atomic E-state index is 0.0766. The highest BCUT2D eigenvalue weighted by Gasteiger charge is 2.16. The molecule has 1 fully saturated rings. The molecule has 5 heteroatoms. The number of pyridine rings is 1. The highest BCUT2D eigenvalue weighted by molar-refractivity contribution is 5.95. The zero-order valence-electron chi connectivity index (χ0n) is 10.0. The van der Waals surface area contributed by atoms with Gasteiger partial charge in [-0.2, -0.15) is 0 Å². The molecule has 1 aromatic heterocycles. The van der Waals surface area contributed by atoms with E-state index >= 15 is 0 Å². The Kier molecular flexibility index (Phi) is 3.58. The Hall–Kier alpha value is -1.62. The molecule has 0 bridgehead atoms. The predicted molar refractivity (Wildman–Crippen MR) is 67.5 cm³/mol. The first-order valence-corrected chi connectivity index (χ1v) is 5.84. The lowest BCUT2D eigenvalue weighted by atomic mass is 10.2. The van der Waals surface area contributed by atoms with Gasteiger partial charge in [-0.05, 0) is 25.5 Å². The van der Waals surface area contributed by atoms with Crippen LogP contribution in [0.2, 0.25) is 0 Å². The molecule has 1 aliphatic rings. The number of ether oxygens (including phenoxy) is 1. The average molecular weight is 234 g/mol. The van der Waals surface area contributed by atoms with Gasteiger partial charge in [-0.25, -0.2) is 4.98 Å². The van der Waals surface area contributed by atoms with E-state index in [0.29, 0.717) is 5.56 Å². The lowest BCUT2D eigenvalue weighted by Crippen LogP contribution is -2.31. The summed E-state index contributed by atoms with van der Waals surface area (Å²) in [5, 5.41) is 7.44. The summed E-state index contributed by atoms with van der Waals surface area (Å²) in [5.41, 5.74) is 6.20. The molecule has 1 atom stereocenters. The molecule has 1 aromatic rings. The van der Waals surface area contributed by atoms with Crippen LogP contribution in [0.3, 0.4) is 0 Å². The van der Waals surface area contributed by atoms with Crippen molar-refractivity contribution in [3.63, 3.8) is 0 Å². The van der Waals surface area contributed by atoms with Gasteiger partial charge in [-0.3, -0.25) is 5.41 Å². The first-order valence-electron chi connectivity index (χ1n) is 5.84. The van der Waals surface area contributed by atoms with E-state index in [1.54, 1.807) is 12.3 Å². The van der Waals surface area contributed by atoms with Crippen molar-refractivity contribution in [3.05, 3.63) is 23.9 Å². The van der Waals surface area contributed by atoms with Gasteiger partial charge in [0.2, 0.25) is 0 Å². The van der Waals surface area contributed by atoms with Gasteiger partial charge in [-0.1, -0.05) is 0 Å². The van der Waals surface area contributed by atoms with Crippen LogP contribution in [0.1, 0.15) is 18.9 Å². The van der Waals surface area contributed by atoms with Crippen LogP contribution in [-0.4, -0.2) is 36.6 Å². The third-order valence-electron chi connectivity index (χ3n) is 2.83. The van der Waals surface area contributed by atoms with Crippen LogP contribution in [-0.2, 0) is 4.74 Å². The monoisotopic (exact) mass is 234 g/mol. The molecule has 0 aromatic carbocycles. The number of anilines is 1. The van der Waals surface area contributed by atoms with Crippen molar-refractivity contribution in [2.45, 2.75) is 19.4 Å². The number of hydrogen-bond donors (Lipinski definition) is 2. The van der Waals surface area contributed by atoms with E-state index in [2.05, 4.69) is 16.8 Å². The average Bonchev–Trinajstić information content (AvgIpc) is 2.54. The molecule has 0 radical (unpaired) electrons. The minimum Gasteiger partial charge on any atom is -0.384 e. The highest BCUT2D eigenvalue weighted by atomic mass is 16.5. The largest absolute Gasteiger partial charge is 0.384 e. The van der Waals surface area contributed by atoms with E-state index in [-0.39, 0.29) is 11.9 Å². The smallest absolute Gasteiger partial charge is 0.129 e. The number of nitrogens with zero attached hydrogens (tertiary/aromatic N) is 2. The minimum atomic E-state index is 0.0766. The topological polar surface area (TPSA) is 75.2 Å². The SMILES string of the molecule is CC1CN(c2cc(C(=N)N)ccn2)CCCO1. The first-order chi connectivity index (χ1) is 8.16. The highest BCUT2D eigenvalue weighted by Crippen LogP contribution is 2.16. The zero-order chi connectivity index (χ0) is 12.3. The van der Waals surface area contributed by atoms with Crippen LogP contribution in [0.4, 0.5) is 5.82 Å². The quantitative estimate of drug-likeness (QED) is 0.591. The van der Waals surface area contributed by atoms with Gasteiger partial charge in [-0.15, -0.1) is 0 Å². The summed E-state index contributed by atoms with van der Waals surface area (Å²) in [4.78, 5) is 6.52. The second-order valence-electron chi connectivity index (χ2n) is 4.30. The molecule has 5 nitrogen and oxygen atoms in total. The third kappa shape index (κ3) is 2.94. The summed E-state index contributed by atoms with van der Waals surface area (Å²) in [6, 6.07) is 3.62. The maximum Gasteiger partial charge on any atom is 0.129 e. The molecule has 1 saturated heterocycles. The van der Waals surface area contributed by atoms with E-state index in [0.717, 1.165) is 31.9 Å². The number of nitrogens with two attached hydrogens (primary N) is 1. The van der Waals surface area contributed by atoms with Crippen LogP contribution < -0.4 is 10.6 Å². The van der Waals surface area contributed by atoms with E-state index in [1.807, 2.05) is 6.07 Å². The Labute approximate surface area is 101 Å². The number of rotatable bonds is 2. The van der Waals surface area contributed by atoms with Crippen LogP contribution in [0, 0.1) is 5.41 Å². The maximum absolute atomic E-state index is 7.44. The summed E-state index contributed by atoms with van der Waals surface area (Å²) >= 11 is 0. The van der Waals surface area contributed by atoms with Crippen molar-refractivity contribution in [1.29, 1.82) is 5.41 Å². The van der Waals surface area contributed by atoms with E-state index in [1.165, 1.54) is 0 Å². The number of aromatic nitrogens is 1. The molecule has 0 amide bonds. The first kappa shape index (κ1) is 11.9. The molecule has 2 heterocycles. The maximum atomic E-state index is 7.44. The Morgan fingerprint density at radius 1 is 1.65 bits per heavy atom. The Balaban J connectivity index is 2.20. The fraction of sp³-hybridized carbons (Fsp3) is 0.500. The van der Waals surface area contributed by atoms with Crippen LogP contribution in [0.5, 0.6) is 0 Å². The van der Waals surface area contributed by atoms with Gasteiger partial charge >= 0.3 is 0 Å². The van der Waals surface area contributed by atoms with Gasteiger partial charge in [0.05, 0.1) is 6.10 Å². The summed E-state index contributed by atoms with van der Waals surface area (Å²) < 4.78 is 5.60. The molecular formula is C12H18N4O. The van der Waals surface area contributed by atoms with Crippen molar-refractivity contribution in [3.8, 4) is 0 Å². The molecule has 92 valence electrons. The van der Waals surface area contributed by atoms with Gasteiger partial charge in [0, 0.05) is 31.5 Å². The Bertz CT molecular complexity index is 407. The van der Waals surface area contributed by atoms with Gasteiger partial charge in [0.1, 0.15) is 11.7 Å². The number of nitrogens with one attached hydrogen (secondary N) is 1. The summed E-state index contributed by atoms with van der Waals surface area (Å²) in [7, 11) is 0. The van der Waals surface area contributed by atoms with Gasteiger partial charge < -0.3 is 15.4 Å². The van der Waals surface area contributed by atoms with Crippen LogP contribution in [0.25, 0.3) is 0 Å². The molecule has 1 aliphatic heterocycles. The molecule has 17 heavy (non-hydrogen) atoms. The fourth-order valence-corrected chi connectivity index (χ4v) is 1.96. The van der Waals surface area contributed by atoms with Gasteiger partial charge in [0.25, 0.3) is 0 Å². The summed E-state index contributed by atoms with van der Waals surface area (Å²) in [6.45, 7) is 4.62. The van der Waals surface area contributed by atoms with Crippen molar-refractivity contribution in [2.75, 3.05) is 24.6 Å². The zero-order valence-corrected chi connectivity index (χ0v) is 10.0. The second-order valence-corrected chi connectivity index (χ2v) is 4.30. The standard InChI is InChI=1S/C12H18N4O/c1-9-8-16(5-2-6-17-9)11-7-10(12(13)14)3-4-15-11/h3-4,7,9H,2,5-6,8H2,1H3,(H3,13,14). The molecule has 3 N–H and O–H groups in total. The van der Waals surface area contributed by atoms with E-state index < -0.39 is 0 Å². The van der Waals surface area contributed by atoms with Gasteiger partial charge in [0.15, 0.2) is 0 Å². The molecule has 2 rings (SSSR count). The van der Waals surface area contributed by atoms with Crippen molar-refractivity contribution >= 4 is 11.7 Å². The van der Waals surface area contributed by atoms with E-state index in [4.69, 9.17) is 15.9 Å². The summed E-state index contributed by atoms with van der Waals surface area (Å²) in [5.74, 6) is 0.947. The van der Waals surface area contributed by atoms with Crippen molar-refractivity contribution in [2.24, 2.45) is 5.73 Å². The van der Waals surface area contributed by atoms with Crippen LogP contribution >= 0.6 is 0 Å². The normalized spacial score (nSPS) is 21.0. The lowest BCUT2D eigenvalue weighted by molar-refractivity contribution is 0.0820. The molecular weight excluding hydrogens is 216 g/mol. The van der Waals surface area contributed by atoms with Crippen molar-refractivity contribution < 1.29 is 4.74 Å². The third-order valence-corrected chi connectivity index (χ3v) is 2.83. The number of nitrogen functional groups attached to an aromatic ring is 1. The lowest BCUT2D eigenvalue weighted by Gasteiger charge is -2.23. The summed E-state index contributed by atoms with van der Waals surface area (Å²) in [6.07, 6.45) is 2.90. The number of amidine groups is 1. The molecule has 0 aliphatic carbocycles. The Morgan fingerprint density at radius 2 is 2.47 bits per heavy atom. The second kappa shape index (κ2) is 5.14. The van der Waals surface area contributed by atoms with Crippen molar-refractivity contribution in [1.82, 2.24) is 4.98 Å².